The van der Waals surface area contributed by atoms with Crippen molar-refractivity contribution >= 4 is 11.9 Å². The third-order valence-electron chi connectivity index (χ3n) is 3.18. The standard InChI is InChI=1S/C11H22N4O3/c1-8(10(17)14-11(12)18)15(5-6-16)7-9-3-2-4-13-9/h8-9,13,16H,2-7H2,1H3,(H3,12,14,17,18). The number of rotatable bonds is 6. The van der Waals surface area contributed by atoms with Crippen LogP contribution in [0.2, 0.25) is 0 Å². The fourth-order valence-electron chi connectivity index (χ4n) is 2.16. The van der Waals surface area contributed by atoms with E-state index in [0.29, 0.717) is 19.1 Å². The summed E-state index contributed by atoms with van der Waals surface area (Å²) in [4.78, 5) is 24.2. The molecule has 1 heterocycles. The van der Waals surface area contributed by atoms with Crippen molar-refractivity contribution in [3.05, 3.63) is 0 Å². The fraction of sp³-hybridized carbons (Fsp3) is 0.818. The van der Waals surface area contributed by atoms with Crippen molar-refractivity contribution in [3.63, 3.8) is 0 Å². The number of nitrogens with two attached hydrogens (primary N) is 1. The van der Waals surface area contributed by atoms with Crippen LogP contribution in [0.25, 0.3) is 0 Å². The van der Waals surface area contributed by atoms with Gasteiger partial charge in [0.1, 0.15) is 0 Å². The average molecular weight is 258 g/mol. The summed E-state index contributed by atoms with van der Waals surface area (Å²) in [6.45, 7) is 3.72. The van der Waals surface area contributed by atoms with E-state index in [0.717, 1.165) is 19.4 Å². The predicted molar refractivity (Wildman–Crippen MR) is 66.9 cm³/mol. The maximum Gasteiger partial charge on any atom is 0.318 e. The minimum Gasteiger partial charge on any atom is -0.395 e. The number of aliphatic hydroxyl groups excluding tert-OH is 1. The molecule has 0 spiro atoms. The number of primary amides is 1. The van der Waals surface area contributed by atoms with Gasteiger partial charge in [-0.25, -0.2) is 4.79 Å². The number of hydrogen-bond acceptors (Lipinski definition) is 5. The second-order valence-corrected chi connectivity index (χ2v) is 4.54. The zero-order valence-corrected chi connectivity index (χ0v) is 10.7. The van der Waals surface area contributed by atoms with Gasteiger partial charge >= 0.3 is 6.03 Å². The first-order valence-corrected chi connectivity index (χ1v) is 6.23. The molecule has 1 aliphatic rings. The molecule has 2 unspecified atom stereocenters. The molecule has 7 nitrogen and oxygen atoms in total. The average Bonchev–Trinajstić information content (AvgIpc) is 2.79. The maximum atomic E-state index is 11.7. The highest BCUT2D eigenvalue weighted by atomic mass is 16.3. The zero-order valence-electron chi connectivity index (χ0n) is 10.7. The molecule has 1 aliphatic heterocycles. The van der Waals surface area contributed by atoms with Crippen LogP contribution in [0.15, 0.2) is 0 Å². The number of aliphatic hydroxyl groups is 1. The number of carbonyl (C=O) groups excluding carboxylic acids is 2. The smallest absolute Gasteiger partial charge is 0.318 e. The van der Waals surface area contributed by atoms with Crippen molar-refractivity contribution in [1.29, 1.82) is 0 Å². The van der Waals surface area contributed by atoms with Crippen LogP contribution in [-0.4, -0.2) is 60.3 Å². The molecule has 0 aromatic heterocycles. The topological polar surface area (TPSA) is 108 Å². The van der Waals surface area contributed by atoms with Gasteiger partial charge in [-0.3, -0.25) is 15.0 Å². The summed E-state index contributed by atoms with van der Waals surface area (Å²) in [5, 5.41) is 14.4. The number of urea groups is 1. The molecular formula is C11H22N4O3. The molecule has 7 heteroatoms. The number of amides is 3. The Morgan fingerprint density at radius 2 is 2.33 bits per heavy atom. The molecule has 2 atom stereocenters. The van der Waals surface area contributed by atoms with Crippen LogP contribution in [0, 0.1) is 0 Å². The Balaban J connectivity index is 2.52. The molecule has 0 aromatic carbocycles. The molecule has 0 aromatic rings. The van der Waals surface area contributed by atoms with E-state index < -0.39 is 18.0 Å². The van der Waals surface area contributed by atoms with Crippen LogP contribution in [0.5, 0.6) is 0 Å². The Labute approximate surface area is 107 Å². The van der Waals surface area contributed by atoms with Gasteiger partial charge in [0.05, 0.1) is 12.6 Å². The third kappa shape index (κ3) is 4.59. The molecule has 0 saturated carbocycles. The van der Waals surface area contributed by atoms with Crippen molar-refractivity contribution in [2.24, 2.45) is 5.73 Å². The van der Waals surface area contributed by atoms with Gasteiger partial charge in [0, 0.05) is 19.1 Å². The summed E-state index contributed by atoms with van der Waals surface area (Å²) in [7, 11) is 0. The van der Waals surface area contributed by atoms with Crippen molar-refractivity contribution in [3.8, 4) is 0 Å². The quantitative estimate of drug-likeness (QED) is 0.469. The van der Waals surface area contributed by atoms with Crippen molar-refractivity contribution in [2.75, 3.05) is 26.2 Å². The molecule has 0 radical (unpaired) electrons. The monoisotopic (exact) mass is 258 g/mol. The molecule has 1 fully saturated rings. The minimum absolute atomic E-state index is 0.0269. The van der Waals surface area contributed by atoms with Gasteiger partial charge in [-0.1, -0.05) is 0 Å². The third-order valence-corrected chi connectivity index (χ3v) is 3.18. The molecule has 104 valence electrons. The fourth-order valence-corrected chi connectivity index (χ4v) is 2.16. The first kappa shape index (κ1) is 14.9. The molecule has 3 amide bonds. The molecule has 18 heavy (non-hydrogen) atoms. The van der Waals surface area contributed by atoms with E-state index in [1.54, 1.807) is 6.92 Å². The lowest BCUT2D eigenvalue weighted by atomic mass is 10.1. The molecule has 0 aliphatic carbocycles. The predicted octanol–water partition coefficient (Wildman–Crippen LogP) is -1.38. The van der Waals surface area contributed by atoms with Gasteiger partial charge in [0.15, 0.2) is 0 Å². The largest absolute Gasteiger partial charge is 0.395 e. The van der Waals surface area contributed by atoms with E-state index in [4.69, 9.17) is 10.8 Å². The number of nitrogens with zero attached hydrogens (tertiary/aromatic N) is 1. The van der Waals surface area contributed by atoms with Crippen molar-refractivity contribution < 1.29 is 14.7 Å². The highest BCUT2D eigenvalue weighted by Gasteiger charge is 2.25. The molecule has 1 rings (SSSR count). The SMILES string of the molecule is CC(C(=O)NC(N)=O)N(CCO)CC1CCCN1. The second kappa shape index (κ2) is 7.30. The summed E-state index contributed by atoms with van der Waals surface area (Å²) in [5.41, 5.74) is 4.92. The highest BCUT2D eigenvalue weighted by Crippen LogP contribution is 2.09. The highest BCUT2D eigenvalue weighted by molar-refractivity contribution is 5.96. The van der Waals surface area contributed by atoms with E-state index in [-0.39, 0.29) is 6.61 Å². The Hall–Kier alpha value is -1.18. The Bertz CT molecular complexity index is 292. The van der Waals surface area contributed by atoms with Gasteiger partial charge in [0.25, 0.3) is 0 Å². The zero-order chi connectivity index (χ0) is 13.5. The summed E-state index contributed by atoms with van der Waals surface area (Å²) >= 11 is 0. The number of carbonyl (C=O) groups is 2. The van der Waals surface area contributed by atoms with Crippen LogP contribution in [0.3, 0.4) is 0 Å². The van der Waals surface area contributed by atoms with Gasteiger partial charge in [0.2, 0.25) is 5.91 Å². The van der Waals surface area contributed by atoms with Crippen LogP contribution in [0.1, 0.15) is 19.8 Å². The normalized spacial score (nSPS) is 20.9. The molecule has 1 saturated heterocycles. The van der Waals surface area contributed by atoms with Crippen LogP contribution in [0.4, 0.5) is 4.79 Å². The Morgan fingerprint density at radius 3 is 2.83 bits per heavy atom. The van der Waals surface area contributed by atoms with Gasteiger partial charge in [-0.2, -0.15) is 0 Å². The lowest BCUT2D eigenvalue weighted by Crippen LogP contribution is -2.52. The minimum atomic E-state index is -0.852. The van der Waals surface area contributed by atoms with E-state index >= 15 is 0 Å². The first-order chi connectivity index (χ1) is 8.54. The Kier molecular flexibility index (Phi) is 6.03. The van der Waals surface area contributed by atoms with Crippen LogP contribution < -0.4 is 16.4 Å². The lowest BCUT2D eigenvalue weighted by Gasteiger charge is -2.29. The summed E-state index contributed by atoms with van der Waals surface area (Å²) in [5.74, 6) is -0.436. The summed E-state index contributed by atoms with van der Waals surface area (Å²) in [6, 6.07) is -1.01. The van der Waals surface area contributed by atoms with Gasteiger partial charge in [-0.05, 0) is 26.3 Å². The van der Waals surface area contributed by atoms with Crippen molar-refractivity contribution in [2.45, 2.75) is 31.8 Å². The summed E-state index contributed by atoms with van der Waals surface area (Å²) in [6.07, 6.45) is 2.19. The first-order valence-electron chi connectivity index (χ1n) is 6.23. The van der Waals surface area contributed by atoms with Crippen LogP contribution in [-0.2, 0) is 4.79 Å². The van der Waals surface area contributed by atoms with Gasteiger partial charge in [-0.15, -0.1) is 0 Å². The number of hydrogen-bond donors (Lipinski definition) is 4. The second-order valence-electron chi connectivity index (χ2n) is 4.54. The number of nitrogens with one attached hydrogen (secondary N) is 2. The maximum absolute atomic E-state index is 11.7. The van der Waals surface area contributed by atoms with E-state index in [1.165, 1.54) is 0 Å². The molecular weight excluding hydrogens is 236 g/mol. The van der Waals surface area contributed by atoms with E-state index in [1.807, 2.05) is 4.90 Å². The van der Waals surface area contributed by atoms with Crippen molar-refractivity contribution in [1.82, 2.24) is 15.5 Å². The van der Waals surface area contributed by atoms with E-state index in [9.17, 15) is 9.59 Å². The number of imide groups is 1. The van der Waals surface area contributed by atoms with E-state index in [2.05, 4.69) is 10.6 Å². The molecule has 0 bridgehead atoms. The lowest BCUT2D eigenvalue weighted by molar-refractivity contribution is -0.125. The van der Waals surface area contributed by atoms with Crippen LogP contribution >= 0.6 is 0 Å². The van der Waals surface area contributed by atoms with Gasteiger partial charge < -0.3 is 16.2 Å². The Morgan fingerprint density at radius 1 is 1.61 bits per heavy atom. The molecule has 5 N–H and O–H groups in total. The summed E-state index contributed by atoms with van der Waals surface area (Å²) < 4.78 is 0.